The largest absolute Gasteiger partial charge is 0.376 e. The van der Waals surface area contributed by atoms with Crippen LogP contribution in [-0.4, -0.2) is 46.2 Å². The summed E-state index contributed by atoms with van der Waals surface area (Å²) in [7, 11) is -1.92. The van der Waals surface area contributed by atoms with Gasteiger partial charge in [0.2, 0.25) is 10.0 Å². The Morgan fingerprint density at radius 1 is 1.16 bits per heavy atom. The third-order valence-corrected chi connectivity index (χ3v) is 6.88. The highest BCUT2D eigenvalue weighted by atomic mass is 32.2. The van der Waals surface area contributed by atoms with Crippen molar-refractivity contribution in [3.8, 4) is 0 Å². The maximum atomic E-state index is 11.8. The lowest BCUT2D eigenvalue weighted by Crippen LogP contribution is -2.42. The number of hydrogen-bond donors (Lipinski definition) is 1. The summed E-state index contributed by atoms with van der Waals surface area (Å²) in [6.45, 7) is 3.57. The SMILES string of the molecule is CNS(=O)(=O)c1ccc(CN2CCO[C@H](CC3CCCCC3)C2)cc1. The smallest absolute Gasteiger partial charge is 0.240 e. The lowest BCUT2D eigenvalue weighted by atomic mass is 9.85. The van der Waals surface area contributed by atoms with Crippen LogP contribution in [0.1, 0.15) is 44.1 Å². The van der Waals surface area contributed by atoms with E-state index < -0.39 is 10.0 Å². The summed E-state index contributed by atoms with van der Waals surface area (Å²) < 4.78 is 31.9. The van der Waals surface area contributed by atoms with Crippen molar-refractivity contribution >= 4 is 10.0 Å². The summed E-state index contributed by atoms with van der Waals surface area (Å²) in [6.07, 6.45) is 8.42. The molecule has 1 saturated heterocycles. The van der Waals surface area contributed by atoms with E-state index in [9.17, 15) is 8.42 Å². The molecule has 0 bridgehead atoms. The van der Waals surface area contributed by atoms with Crippen molar-refractivity contribution in [2.45, 2.75) is 56.1 Å². The molecule has 3 rings (SSSR count). The van der Waals surface area contributed by atoms with E-state index in [1.165, 1.54) is 45.6 Å². The second kappa shape index (κ2) is 8.62. The Morgan fingerprint density at radius 2 is 1.88 bits per heavy atom. The highest BCUT2D eigenvalue weighted by Gasteiger charge is 2.25. The van der Waals surface area contributed by atoms with Crippen molar-refractivity contribution in [1.29, 1.82) is 0 Å². The van der Waals surface area contributed by atoms with E-state index in [0.717, 1.165) is 37.7 Å². The number of morpholine rings is 1. The first-order valence-corrected chi connectivity index (χ1v) is 10.9. The number of ether oxygens (including phenoxy) is 1. The summed E-state index contributed by atoms with van der Waals surface area (Å²) in [5, 5.41) is 0. The molecule has 6 heteroatoms. The van der Waals surface area contributed by atoms with E-state index in [4.69, 9.17) is 4.74 Å². The molecule has 2 fully saturated rings. The zero-order valence-electron chi connectivity index (χ0n) is 15.1. The van der Waals surface area contributed by atoms with Crippen LogP contribution in [0.5, 0.6) is 0 Å². The monoisotopic (exact) mass is 366 g/mol. The molecule has 25 heavy (non-hydrogen) atoms. The molecule has 1 aliphatic heterocycles. The molecule has 0 radical (unpaired) electrons. The molecule has 0 aromatic heterocycles. The van der Waals surface area contributed by atoms with Crippen molar-refractivity contribution in [3.63, 3.8) is 0 Å². The summed E-state index contributed by atoms with van der Waals surface area (Å²) in [5.74, 6) is 0.838. The molecule has 1 atom stereocenters. The lowest BCUT2D eigenvalue weighted by molar-refractivity contribution is -0.0439. The van der Waals surface area contributed by atoms with Crippen molar-refractivity contribution < 1.29 is 13.2 Å². The average molecular weight is 367 g/mol. The van der Waals surface area contributed by atoms with Crippen LogP contribution < -0.4 is 4.72 Å². The van der Waals surface area contributed by atoms with Gasteiger partial charge in [0.1, 0.15) is 0 Å². The van der Waals surface area contributed by atoms with E-state index in [-0.39, 0.29) is 0 Å². The average Bonchev–Trinajstić information content (AvgIpc) is 2.63. The first kappa shape index (κ1) is 18.8. The van der Waals surface area contributed by atoms with Gasteiger partial charge in [0.15, 0.2) is 0 Å². The Hall–Kier alpha value is -0.950. The Labute approximate surface area is 151 Å². The van der Waals surface area contributed by atoms with Gasteiger partial charge in [0, 0.05) is 19.6 Å². The number of sulfonamides is 1. The van der Waals surface area contributed by atoms with E-state index >= 15 is 0 Å². The molecular formula is C19H30N2O3S. The Balaban J connectivity index is 1.53. The maximum absolute atomic E-state index is 11.8. The van der Waals surface area contributed by atoms with Gasteiger partial charge in [-0.15, -0.1) is 0 Å². The fourth-order valence-corrected chi connectivity index (χ4v) is 4.74. The predicted molar refractivity (Wildman–Crippen MR) is 98.9 cm³/mol. The Morgan fingerprint density at radius 3 is 2.56 bits per heavy atom. The van der Waals surface area contributed by atoms with Crippen LogP contribution in [0.2, 0.25) is 0 Å². The molecule has 1 aliphatic carbocycles. The third kappa shape index (κ3) is 5.26. The standard InChI is InChI=1S/C19H30N2O3S/c1-20-25(22,23)19-9-7-17(8-10-19)14-21-11-12-24-18(15-21)13-16-5-3-2-4-6-16/h7-10,16,18,20H,2-6,11-15H2,1H3/t18-/m1/s1. The van der Waals surface area contributed by atoms with Gasteiger partial charge in [-0.05, 0) is 37.1 Å². The van der Waals surface area contributed by atoms with Crippen LogP contribution in [0.25, 0.3) is 0 Å². The predicted octanol–water partition coefficient (Wildman–Crippen LogP) is 2.77. The number of hydrogen-bond acceptors (Lipinski definition) is 4. The van der Waals surface area contributed by atoms with Crippen molar-refractivity contribution in [3.05, 3.63) is 29.8 Å². The van der Waals surface area contributed by atoms with E-state index in [0.29, 0.717) is 11.0 Å². The van der Waals surface area contributed by atoms with Gasteiger partial charge in [-0.3, -0.25) is 4.90 Å². The summed E-state index contributed by atoms with van der Waals surface area (Å²) in [4.78, 5) is 2.74. The van der Waals surface area contributed by atoms with Gasteiger partial charge in [0.25, 0.3) is 0 Å². The molecule has 5 nitrogen and oxygen atoms in total. The van der Waals surface area contributed by atoms with Crippen LogP contribution in [0.3, 0.4) is 0 Å². The second-order valence-corrected chi connectivity index (χ2v) is 9.21. The Kier molecular flexibility index (Phi) is 6.49. The van der Waals surface area contributed by atoms with E-state index in [1.54, 1.807) is 12.1 Å². The summed E-state index contributed by atoms with van der Waals surface area (Å²) in [5.41, 5.74) is 1.15. The van der Waals surface area contributed by atoms with Gasteiger partial charge in [0.05, 0.1) is 17.6 Å². The van der Waals surface area contributed by atoms with E-state index in [2.05, 4.69) is 9.62 Å². The van der Waals surface area contributed by atoms with Crippen LogP contribution in [0.15, 0.2) is 29.2 Å². The minimum Gasteiger partial charge on any atom is -0.376 e. The second-order valence-electron chi connectivity index (χ2n) is 7.32. The molecule has 1 heterocycles. The van der Waals surface area contributed by atoms with Gasteiger partial charge in [-0.1, -0.05) is 44.2 Å². The maximum Gasteiger partial charge on any atom is 0.240 e. The first-order chi connectivity index (χ1) is 12.1. The molecule has 140 valence electrons. The minimum atomic E-state index is -3.36. The van der Waals surface area contributed by atoms with Crippen molar-refractivity contribution in [2.75, 3.05) is 26.7 Å². The summed E-state index contributed by atoms with van der Waals surface area (Å²) >= 11 is 0. The lowest BCUT2D eigenvalue weighted by Gasteiger charge is -2.35. The molecule has 1 N–H and O–H groups in total. The zero-order chi connectivity index (χ0) is 17.7. The number of nitrogens with zero attached hydrogens (tertiary/aromatic N) is 1. The molecule has 0 amide bonds. The first-order valence-electron chi connectivity index (χ1n) is 9.43. The normalized spacial score (nSPS) is 23.6. The highest BCUT2D eigenvalue weighted by Crippen LogP contribution is 2.29. The van der Waals surface area contributed by atoms with Gasteiger partial charge in [-0.2, -0.15) is 0 Å². The quantitative estimate of drug-likeness (QED) is 0.841. The van der Waals surface area contributed by atoms with Gasteiger partial charge >= 0.3 is 0 Å². The third-order valence-electron chi connectivity index (χ3n) is 5.45. The molecule has 1 aromatic carbocycles. The summed E-state index contributed by atoms with van der Waals surface area (Å²) in [6, 6.07) is 7.19. The zero-order valence-corrected chi connectivity index (χ0v) is 15.9. The van der Waals surface area contributed by atoms with E-state index in [1.807, 2.05) is 12.1 Å². The topological polar surface area (TPSA) is 58.6 Å². The Bertz CT molecular complexity index is 639. The molecule has 0 spiro atoms. The molecular weight excluding hydrogens is 336 g/mol. The highest BCUT2D eigenvalue weighted by molar-refractivity contribution is 7.89. The van der Waals surface area contributed by atoms with Crippen LogP contribution >= 0.6 is 0 Å². The van der Waals surface area contributed by atoms with Crippen LogP contribution in [0.4, 0.5) is 0 Å². The van der Waals surface area contributed by atoms with Crippen molar-refractivity contribution in [2.24, 2.45) is 5.92 Å². The van der Waals surface area contributed by atoms with Gasteiger partial charge < -0.3 is 4.74 Å². The number of benzene rings is 1. The van der Waals surface area contributed by atoms with Crippen molar-refractivity contribution in [1.82, 2.24) is 9.62 Å². The molecule has 2 aliphatic rings. The fraction of sp³-hybridized carbons (Fsp3) is 0.684. The minimum absolute atomic E-state index is 0.316. The fourth-order valence-electron chi connectivity index (χ4n) is 4.01. The molecule has 0 unspecified atom stereocenters. The molecule has 1 aromatic rings. The number of rotatable bonds is 6. The molecule has 1 saturated carbocycles. The van der Waals surface area contributed by atoms with Gasteiger partial charge in [-0.25, -0.2) is 13.1 Å². The number of nitrogens with one attached hydrogen (secondary N) is 1. The van der Waals surface area contributed by atoms with Crippen LogP contribution in [0, 0.1) is 5.92 Å². The van der Waals surface area contributed by atoms with Crippen LogP contribution in [-0.2, 0) is 21.3 Å².